The highest BCUT2D eigenvalue weighted by Gasteiger charge is 2.19. The van der Waals surface area contributed by atoms with E-state index in [0.717, 1.165) is 65.4 Å². The Morgan fingerprint density at radius 1 is 1.00 bits per heavy atom. The largest absolute Gasteiger partial charge is 0.379 e. The van der Waals surface area contributed by atoms with Gasteiger partial charge in [0.2, 0.25) is 0 Å². The molecule has 0 unspecified atom stereocenters. The average Bonchev–Trinajstić information content (AvgIpc) is 2.54. The Labute approximate surface area is 131 Å². The number of piperazine rings is 1. The molecule has 0 aromatic heterocycles. The number of amides is 2. The van der Waals surface area contributed by atoms with E-state index in [0.29, 0.717) is 6.54 Å². The van der Waals surface area contributed by atoms with Crippen LogP contribution in [0, 0.1) is 0 Å². The summed E-state index contributed by atoms with van der Waals surface area (Å²) < 4.78 is 5.28. The first kappa shape index (κ1) is 17.1. The predicted octanol–water partition coefficient (Wildman–Crippen LogP) is -1.90. The van der Waals surface area contributed by atoms with Gasteiger partial charge in [0.15, 0.2) is 0 Å². The van der Waals surface area contributed by atoms with Crippen LogP contribution in [0.3, 0.4) is 0 Å². The molecular formula is C14H27N5O3. The number of ether oxygens (including phenoxy) is 1. The minimum atomic E-state index is -0.573. The topological polar surface area (TPSA) is 77.1 Å². The molecule has 8 nitrogen and oxygen atoms in total. The summed E-state index contributed by atoms with van der Waals surface area (Å²) >= 11 is 0. The fraction of sp³-hybridized carbons (Fsp3) is 0.857. The summed E-state index contributed by atoms with van der Waals surface area (Å²) in [6.07, 6.45) is 0.841. The summed E-state index contributed by atoms with van der Waals surface area (Å²) in [7, 11) is 2.04. The maximum absolute atomic E-state index is 11.8. The summed E-state index contributed by atoms with van der Waals surface area (Å²) in [5.41, 5.74) is 2.66. The molecule has 2 rings (SSSR count). The minimum absolute atomic E-state index is 0.520. The predicted molar refractivity (Wildman–Crippen MR) is 82.1 cm³/mol. The van der Waals surface area contributed by atoms with Gasteiger partial charge in [-0.25, -0.2) is 5.01 Å². The van der Waals surface area contributed by atoms with E-state index >= 15 is 0 Å². The summed E-state index contributed by atoms with van der Waals surface area (Å²) in [5, 5.41) is 4.48. The van der Waals surface area contributed by atoms with Gasteiger partial charge in [-0.2, -0.15) is 0 Å². The van der Waals surface area contributed by atoms with E-state index in [1.807, 2.05) is 7.05 Å². The Morgan fingerprint density at radius 3 is 2.36 bits per heavy atom. The van der Waals surface area contributed by atoms with Crippen LogP contribution >= 0.6 is 0 Å². The van der Waals surface area contributed by atoms with Gasteiger partial charge in [0, 0.05) is 45.8 Å². The van der Waals surface area contributed by atoms with E-state index in [4.69, 9.17) is 4.74 Å². The first-order chi connectivity index (χ1) is 10.6. The van der Waals surface area contributed by atoms with Crippen molar-refractivity contribution in [1.29, 1.82) is 0 Å². The minimum Gasteiger partial charge on any atom is -0.379 e. The average molecular weight is 313 g/mol. The Kier molecular flexibility index (Phi) is 7.04. The van der Waals surface area contributed by atoms with Crippen molar-refractivity contribution in [2.45, 2.75) is 6.42 Å². The highest BCUT2D eigenvalue weighted by Crippen LogP contribution is 1.97. The number of hydrogen-bond acceptors (Lipinski definition) is 6. The third-order valence-corrected chi connectivity index (χ3v) is 4.01. The van der Waals surface area contributed by atoms with Gasteiger partial charge in [-0.05, 0) is 20.0 Å². The highest BCUT2D eigenvalue weighted by molar-refractivity contribution is 6.34. The second kappa shape index (κ2) is 9.04. The molecule has 2 aliphatic heterocycles. The molecular weight excluding hydrogens is 286 g/mol. The van der Waals surface area contributed by atoms with Crippen LogP contribution < -0.4 is 10.7 Å². The first-order valence-electron chi connectivity index (χ1n) is 7.97. The van der Waals surface area contributed by atoms with E-state index in [9.17, 15) is 9.59 Å². The number of rotatable bonds is 5. The SMILES string of the molecule is CN1CCN(NC(=O)C(=O)NCCCN2CCOCC2)CC1. The highest BCUT2D eigenvalue weighted by atomic mass is 16.5. The van der Waals surface area contributed by atoms with E-state index in [2.05, 4.69) is 20.5 Å². The Morgan fingerprint density at radius 2 is 1.68 bits per heavy atom. The molecule has 22 heavy (non-hydrogen) atoms. The molecule has 0 aromatic carbocycles. The number of carbonyl (C=O) groups excluding carboxylic acids is 2. The smallest absolute Gasteiger partial charge is 0.323 e. The molecule has 2 fully saturated rings. The normalized spacial score (nSPS) is 21.5. The number of likely N-dealkylation sites (N-methyl/N-ethyl adjacent to an activating group) is 1. The number of hydrazine groups is 1. The van der Waals surface area contributed by atoms with Crippen molar-refractivity contribution in [3.8, 4) is 0 Å². The van der Waals surface area contributed by atoms with Crippen LogP contribution in [0.5, 0.6) is 0 Å². The number of morpholine rings is 1. The monoisotopic (exact) mass is 313 g/mol. The quantitative estimate of drug-likeness (QED) is 0.456. The van der Waals surface area contributed by atoms with Gasteiger partial charge in [0.1, 0.15) is 0 Å². The summed E-state index contributed by atoms with van der Waals surface area (Å²) in [6, 6.07) is 0. The molecule has 2 heterocycles. The third-order valence-electron chi connectivity index (χ3n) is 4.01. The molecule has 0 aliphatic carbocycles. The van der Waals surface area contributed by atoms with Gasteiger partial charge in [-0.15, -0.1) is 0 Å². The lowest BCUT2D eigenvalue weighted by atomic mass is 10.3. The first-order valence-corrected chi connectivity index (χ1v) is 7.97. The molecule has 0 saturated carbocycles. The summed E-state index contributed by atoms with van der Waals surface area (Å²) in [5.74, 6) is -1.13. The lowest BCUT2D eigenvalue weighted by Gasteiger charge is -2.32. The van der Waals surface area contributed by atoms with Crippen LogP contribution in [-0.4, -0.2) is 99.2 Å². The molecule has 0 radical (unpaired) electrons. The Bertz CT molecular complexity index is 365. The lowest BCUT2D eigenvalue weighted by Crippen LogP contribution is -2.55. The van der Waals surface area contributed by atoms with Crippen LogP contribution in [0.1, 0.15) is 6.42 Å². The van der Waals surface area contributed by atoms with Gasteiger partial charge in [-0.3, -0.25) is 19.9 Å². The van der Waals surface area contributed by atoms with Crippen molar-refractivity contribution < 1.29 is 14.3 Å². The molecule has 8 heteroatoms. The van der Waals surface area contributed by atoms with Crippen molar-refractivity contribution >= 4 is 11.8 Å². The van der Waals surface area contributed by atoms with Crippen LogP contribution in [0.15, 0.2) is 0 Å². The molecule has 2 aliphatic rings. The molecule has 0 bridgehead atoms. The Balaban J connectivity index is 1.55. The van der Waals surface area contributed by atoms with Gasteiger partial charge >= 0.3 is 11.8 Å². The molecule has 2 amide bonds. The van der Waals surface area contributed by atoms with Crippen molar-refractivity contribution in [2.75, 3.05) is 72.6 Å². The molecule has 0 aromatic rings. The molecule has 126 valence electrons. The number of nitrogens with one attached hydrogen (secondary N) is 2. The van der Waals surface area contributed by atoms with E-state index in [1.165, 1.54) is 0 Å². The summed E-state index contributed by atoms with van der Waals surface area (Å²) in [4.78, 5) is 28.0. The second-order valence-corrected chi connectivity index (χ2v) is 5.79. The molecule has 2 N–H and O–H groups in total. The molecule has 0 spiro atoms. The van der Waals surface area contributed by atoms with E-state index in [-0.39, 0.29) is 0 Å². The maximum Gasteiger partial charge on any atom is 0.323 e. The second-order valence-electron chi connectivity index (χ2n) is 5.79. The fourth-order valence-electron chi connectivity index (χ4n) is 2.52. The van der Waals surface area contributed by atoms with Crippen molar-refractivity contribution in [3.63, 3.8) is 0 Å². The van der Waals surface area contributed by atoms with Crippen molar-refractivity contribution in [3.05, 3.63) is 0 Å². The molecule has 0 atom stereocenters. The number of nitrogens with zero attached hydrogens (tertiary/aromatic N) is 3. The maximum atomic E-state index is 11.8. The number of carbonyl (C=O) groups is 2. The number of hydrogen-bond donors (Lipinski definition) is 2. The van der Waals surface area contributed by atoms with Crippen LogP contribution in [0.4, 0.5) is 0 Å². The van der Waals surface area contributed by atoms with Crippen molar-refractivity contribution in [1.82, 2.24) is 25.6 Å². The van der Waals surface area contributed by atoms with Crippen LogP contribution in [0.25, 0.3) is 0 Å². The van der Waals surface area contributed by atoms with Crippen molar-refractivity contribution in [2.24, 2.45) is 0 Å². The van der Waals surface area contributed by atoms with Gasteiger partial charge < -0.3 is 15.0 Å². The standard InChI is InChI=1S/C14H27N5O3/c1-17-5-7-19(8-6-17)16-14(21)13(20)15-3-2-4-18-9-11-22-12-10-18/h2-12H2,1H3,(H,15,20)(H,16,21). The zero-order chi connectivity index (χ0) is 15.8. The van der Waals surface area contributed by atoms with E-state index in [1.54, 1.807) is 5.01 Å². The zero-order valence-corrected chi connectivity index (χ0v) is 13.3. The fourth-order valence-corrected chi connectivity index (χ4v) is 2.52. The van der Waals surface area contributed by atoms with Crippen LogP contribution in [0.2, 0.25) is 0 Å². The molecule has 2 saturated heterocycles. The van der Waals surface area contributed by atoms with Gasteiger partial charge in [-0.1, -0.05) is 0 Å². The zero-order valence-electron chi connectivity index (χ0n) is 13.3. The van der Waals surface area contributed by atoms with Gasteiger partial charge in [0.25, 0.3) is 0 Å². The summed E-state index contributed by atoms with van der Waals surface area (Å²) in [6.45, 7) is 8.15. The van der Waals surface area contributed by atoms with Crippen LogP contribution in [-0.2, 0) is 14.3 Å². The van der Waals surface area contributed by atoms with Gasteiger partial charge in [0.05, 0.1) is 13.2 Å². The third kappa shape index (κ3) is 5.88. The lowest BCUT2D eigenvalue weighted by molar-refractivity contribution is -0.142. The van der Waals surface area contributed by atoms with E-state index < -0.39 is 11.8 Å². The Hall–Kier alpha value is -1.22.